The van der Waals surface area contributed by atoms with Gasteiger partial charge in [-0.2, -0.15) is 0 Å². The number of hydrogen-bond acceptors (Lipinski definition) is 8. The second kappa shape index (κ2) is 14.0. The molecule has 2 aromatic heterocycles. The van der Waals surface area contributed by atoms with E-state index in [-0.39, 0.29) is 24.9 Å². The van der Waals surface area contributed by atoms with Gasteiger partial charge in [-0.1, -0.05) is 74.1 Å². The molecule has 1 N–H and O–H groups in total. The SMILES string of the molecule is C=CCn1c(COc2ccc(C(C)C)cc2)nnc1SCC(=O)Nc1scc(-c2ccccc2)c1C(=O)OCC. The molecule has 1 amide bonds. The van der Waals surface area contributed by atoms with Gasteiger partial charge in [0.1, 0.15) is 22.9 Å². The summed E-state index contributed by atoms with van der Waals surface area (Å²) in [5, 5.41) is 14.3. The first-order chi connectivity index (χ1) is 19.4. The van der Waals surface area contributed by atoms with Crippen molar-refractivity contribution >= 4 is 40.0 Å². The molecule has 208 valence electrons. The number of benzene rings is 2. The lowest BCUT2D eigenvalue weighted by Gasteiger charge is -2.11. The van der Waals surface area contributed by atoms with Crippen molar-refractivity contribution in [1.29, 1.82) is 0 Å². The summed E-state index contributed by atoms with van der Waals surface area (Å²) in [7, 11) is 0. The third kappa shape index (κ3) is 7.19. The van der Waals surface area contributed by atoms with Crippen molar-refractivity contribution in [2.45, 2.75) is 45.0 Å². The summed E-state index contributed by atoms with van der Waals surface area (Å²) in [6.07, 6.45) is 1.75. The summed E-state index contributed by atoms with van der Waals surface area (Å²) in [4.78, 5) is 25.7. The average molecular weight is 577 g/mol. The Morgan fingerprint density at radius 3 is 2.55 bits per heavy atom. The molecule has 40 heavy (non-hydrogen) atoms. The summed E-state index contributed by atoms with van der Waals surface area (Å²) >= 11 is 2.54. The van der Waals surface area contributed by atoms with Crippen LogP contribution in [0.3, 0.4) is 0 Å². The molecule has 0 aliphatic rings. The standard InChI is InChI=1S/C30H32N4O4S2/c1-5-16-34-25(17-38-23-14-12-21(13-15-23)20(3)4)32-33-30(34)40-19-26(35)31-28-27(29(36)37-6-2)24(18-39-28)22-10-8-7-9-11-22/h5,7-15,18,20H,1,6,16-17,19H2,2-4H3,(H,31,35). The average Bonchev–Trinajstić information content (AvgIpc) is 3.55. The lowest BCUT2D eigenvalue weighted by atomic mass is 10.0. The molecule has 2 heterocycles. The minimum Gasteiger partial charge on any atom is -0.486 e. The highest BCUT2D eigenvalue weighted by Gasteiger charge is 2.23. The lowest BCUT2D eigenvalue weighted by Crippen LogP contribution is -2.17. The zero-order valence-electron chi connectivity index (χ0n) is 22.8. The number of aromatic nitrogens is 3. The third-order valence-corrected chi connectivity index (χ3v) is 7.82. The lowest BCUT2D eigenvalue weighted by molar-refractivity contribution is -0.113. The van der Waals surface area contributed by atoms with Crippen molar-refractivity contribution in [3.05, 3.63) is 89.6 Å². The number of nitrogens with one attached hydrogen (secondary N) is 1. The van der Waals surface area contributed by atoms with Crippen molar-refractivity contribution in [3.63, 3.8) is 0 Å². The van der Waals surface area contributed by atoms with Crippen molar-refractivity contribution < 1.29 is 19.1 Å². The predicted molar refractivity (Wildman–Crippen MR) is 160 cm³/mol. The first kappa shape index (κ1) is 29.1. The molecule has 0 atom stereocenters. The van der Waals surface area contributed by atoms with Crippen LogP contribution < -0.4 is 10.1 Å². The maximum absolute atomic E-state index is 12.9. The Labute approximate surface area is 242 Å². The second-order valence-corrected chi connectivity index (χ2v) is 10.9. The molecule has 0 fully saturated rings. The van der Waals surface area contributed by atoms with Gasteiger partial charge in [0.25, 0.3) is 0 Å². The van der Waals surface area contributed by atoms with Crippen molar-refractivity contribution in [2.24, 2.45) is 0 Å². The molecule has 0 saturated heterocycles. The number of carbonyl (C=O) groups is 2. The highest BCUT2D eigenvalue weighted by atomic mass is 32.2. The van der Waals surface area contributed by atoms with Crippen molar-refractivity contribution in [2.75, 3.05) is 17.7 Å². The summed E-state index contributed by atoms with van der Waals surface area (Å²) in [6.45, 7) is 10.8. The van der Waals surface area contributed by atoms with Crippen LogP contribution in [0.15, 0.2) is 77.8 Å². The number of anilines is 1. The molecule has 0 spiro atoms. The minimum atomic E-state index is -0.472. The van der Waals surface area contributed by atoms with Crippen LogP contribution in [0.5, 0.6) is 5.75 Å². The Kier molecular flexibility index (Phi) is 10.2. The third-order valence-electron chi connectivity index (χ3n) is 5.96. The van der Waals surface area contributed by atoms with Gasteiger partial charge in [-0.15, -0.1) is 28.1 Å². The molecule has 8 nitrogen and oxygen atoms in total. The summed E-state index contributed by atoms with van der Waals surface area (Å²) in [5.41, 5.74) is 3.19. The molecule has 0 aliphatic carbocycles. The molecule has 4 rings (SSSR count). The van der Waals surface area contributed by atoms with E-state index in [1.165, 1.54) is 28.7 Å². The van der Waals surface area contributed by atoms with Crippen LogP contribution in [0.4, 0.5) is 5.00 Å². The molecule has 0 saturated carbocycles. The van der Waals surface area contributed by atoms with Crippen LogP contribution in [-0.4, -0.2) is 39.0 Å². The van der Waals surface area contributed by atoms with Gasteiger partial charge in [0.2, 0.25) is 5.91 Å². The quantitative estimate of drug-likeness (QED) is 0.106. The Bertz CT molecular complexity index is 1450. The molecule has 10 heteroatoms. The Morgan fingerprint density at radius 2 is 1.88 bits per heavy atom. The first-order valence-corrected chi connectivity index (χ1v) is 14.8. The first-order valence-electron chi connectivity index (χ1n) is 12.9. The van der Waals surface area contributed by atoms with E-state index in [1.54, 1.807) is 13.0 Å². The number of carbonyl (C=O) groups excluding carboxylic acids is 2. The molecule has 2 aromatic carbocycles. The van der Waals surface area contributed by atoms with Gasteiger partial charge in [0.15, 0.2) is 11.0 Å². The number of amides is 1. The van der Waals surface area contributed by atoms with Crippen LogP contribution in [0.2, 0.25) is 0 Å². The van der Waals surface area contributed by atoms with E-state index in [4.69, 9.17) is 9.47 Å². The van der Waals surface area contributed by atoms with E-state index in [1.807, 2.05) is 52.4 Å². The topological polar surface area (TPSA) is 95.3 Å². The number of rotatable bonds is 13. The van der Waals surface area contributed by atoms with E-state index in [0.29, 0.717) is 34.0 Å². The summed E-state index contributed by atoms with van der Waals surface area (Å²) in [5.74, 6) is 1.16. The largest absolute Gasteiger partial charge is 0.486 e. The van der Waals surface area contributed by atoms with Gasteiger partial charge in [-0.3, -0.25) is 9.36 Å². The molecule has 0 radical (unpaired) electrons. The van der Waals surface area contributed by atoms with E-state index in [2.05, 4.69) is 48.1 Å². The normalized spacial score (nSPS) is 10.9. The molecule has 4 aromatic rings. The van der Waals surface area contributed by atoms with Gasteiger partial charge in [-0.05, 0) is 36.1 Å². The highest BCUT2D eigenvalue weighted by molar-refractivity contribution is 7.99. The minimum absolute atomic E-state index is 0.0770. The molecular weight excluding hydrogens is 544 g/mol. The van der Waals surface area contributed by atoms with E-state index < -0.39 is 5.97 Å². The van der Waals surface area contributed by atoms with Gasteiger partial charge in [0, 0.05) is 17.5 Å². The molecule has 0 bridgehead atoms. The zero-order chi connectivity index (χ0) is 28.5. The van der Waals surface area contributed by atoms with E-state index in [0.717, 1.165) is 16.9 Å². The smallest absolute Gasteiger partial charge is 0.341 e. The fourth-order valence-electron chi connectivity index (χ4n) is 3.92. The number of thioether (sulfide) groups is 1. The second-order valence-electron chi connectivity index (χ2n) is 9.09. The molecular formula is C30H32N4O4S2. The fraction of sp³-hybridized carbons (Fsp3) is 0.267. The van der Waals surface area contributed by atoms with Gasteiger partial charge < -0.3 is 14.8 Å². The molecule has 0 unspecified atom stereocenters. The number of nitrogens with zero attached hydrogens (tertiary/aromatic N) is 3. The van der Waals surface area contributed by atoms with Crippen LogP contribution in [-0.2, 0) is 22.7 Å². The Morgan fingerprint density at radius 1 is 1.12 bits per heavy atom. The Balaban J connectivity index is 1.43. The van der Waals surface area contributed by atoms with Crippen LogP contribution in [0, 0.1) is 0 Å². The fourth-order valence-corrected chi connectivity index (χ4v) is 5.66. The summed E-state index contributed by atoms with van der Waals surface area (Å²) < 4.78 is 13.1. The van der Waals surface area contributed by atoms with Crippen molar-refractivity contribution in [3.8, 4) is 16.9 Å². The van der Waals surface area contributed by atoms with Crippen LogP contribution in [0.1, 0.15) is 48.4 Å². The maximum atomic E-state index is 12.9. The predicted octanol–water partition coefficient (Wildman–Crippen LogP) is 6.80. The van der Waals surface area contributed by atoms with Crippen LogP contribution >= 0.6 is 23.1 Å². The number of thiophene rings is 1. The number of hydrogen-bond donors (Lipinski definition) is 1. The monoisotopic (exact) mass is 576 g/mol. The number of esters is 1. The van der Waals surface area contributed by atoms with Gasteiger partial charge in [0.05, 0.1) is 12.4 Å². The molecule has 0 aliphatic heterocycles. The maximum Gasteiger partial charge on any atom is 0.341 e. The highest BCUT2D eigenvalue weighted by Crippen LogP contribution is 2.36. The van der Waals surface area contributed by atoms with Crippen LogP contribution in [0.25, 0.3) is 11.1 Å². The number of allylic oxidation sites excluding steroid dienone is 1. The van der Waals surface area contributed by atoms with E-state index >= 15 is 0 Å². The van der Waals surface area contributed by atoms with E-state index in [9.17, 15) is 9.59 Å². The van der Waals surface area contributed by atoms with Gasteiger partial charge in [-0.25, -0.2) is 4.79 Å². The van der Waals surface area contributed by atoms with Crippen molar-refractivity contribution in [1.82, 2.24) is 14.8 Å². The van der Waals surface area contributed by atoms with Gasteiger partial charge >= 0.3 is 5.97 Å². The Hall–Kier alpha value is -3.89. The number of ether oxygens (including phenoxy) is 2. The zero-order valence-corrected chi connectivity index (χ0v) is 24.4. The summed E-state index contributed by atoms with van der Waals surface area (Å²) in [6, 6.07) is 17.5.